The molecule has 0 saturated carbocycles. The SMILES string of the molecule is CC(C)C[C@H](NC(=O)CCC(C)N)C(=O)O. The number of nitrogens with two attached hydrogens (primary N) is 1. The van der Waals surface area contributed by atoms with Crippen LogP contribution in [-0.2, 0) is 9.59 Å². The highest BCUT2D eigenvalue weighted by Crippen LogP contribution is 2.05. The molecule has 0 spiro atoms. The van der Waals surface area contributed by atoms with Crippen molar-refractivity contribution >= 4 is 11.9 Å². The number of carboxylic acids is 1. The van der Waals surface area contributed by atoms with Gasteiger partial charge in [0.1, 0.15) is 6.04 Å². The highest BCUT2D eigenvalue weighted by atomic mass is 16.4. The largest absolute Gasteiger partial charge is 0.480 e. The fourth-order valence-corrected chi connectivity index (χ4v) is 1.32. The Balaban J connectivity index is 4.08. The summed E-state index contributed by atoms with van der Waals surface area (Å²) in [5, 5.41) is 11.4. The molecule has 1 amide bonds. The molecule has 1 unspecified atom stereocenters. The van der Waals surface area contributed by atoms with Gasteiger partial charge in [-0.25, -0.2) is 4.79 Å². The zero-order valence-corrected chi connectivity index (χ0v) is 10.2. The van der Waals surface area contributed by atoms with E-state index in [2.05, 4.69) is 5.32 Å². The fourth-order valence-electron chi connectivity index (χ4n) is 1.32. The van der Waals surface area contributed by atoms with E-state index in [1.807, 2.05) is 20.8 Å². The van der Waals surface area contributed by atoms with Crippen LogP contribution in [0.5, 0.6) is 0 Å². The molecule has 0 aliphatic carbocycles. The maximum absolute atomic E-state index is 11.4. The van der Waals surface area contributed by atoms with Crippen molar-refractivity contribution in [3.63, 3.8) is 0 Å². The van der Waals surface area contributed by atoms with Crippen LogP contribution in [0, 0.1) is 5.92 Å². The molecule has 0 aromatic carbocycles. The Morgan fingerprint density at radius 3 is 2.25 bits per heavy atom. The van der Waals surface area contributed by atoms with Crippen LogP contribution < -0.4 is 11.1 Å². The minimum atomic E-state index is -0.983. The lowest BCUT2D eigenvalue weighted by molar-refractivity contribution is -0.142. The maximum atomic E-state index is 11.4. The molecule has 0 aliphatic heterocycles. The summed E-state index contributed by atoms with van der Waals surface area (Å²) in [6, 6.07) is -0.834. The van der Waals surface area contributed by atoms with Crippen molar-refractivity contribution in [2.75, 3.05) is 0 Å². The molecule has 5 heteroatoms. The predicted molar refractivity (Wildman–Crippen MR) is 61.9 cm³/mol. The Bertz CT molecular complexity index is 239. The molecule has 0 aromatic heterocycles. The summed E-state index contributed by atoms with van der Waals surface area (Å²) in [5.41, 5.74) is 5.52. The number of carboxylic acid groups (broad SMARTS) is 1. The summed E-state index contributed by atoms with van der Waals surface area (Å²) in [7, 11) is 0. The monoisotopic (exact) mass is 230 g/mol. The molecule has 0 bridgehead atoms. The number of hydrogen-bond donors (Lipinski definition) is 3. The van der Waals surface area contributed by atoms with Crippen LogP contribution in [0.2, 0.25) is 0 Å². The maximum Gasteiger partial charge on any atom is 0.326 e. The van der Waals surface area contributed by atoms with E-state index in [9.17, 15) is 9.59 Å². The number of hydrogen-bond acceptors (Lipinski definition) is 3. The van der Waals surface area contributed by atoms with Gasteiger partial charge in [-0.05, 0) is 25.7 Å². The van der Waals surface area contributed by atoms with E-state index in [4.69, 9.17) is 10.8 Å². The van der Waals surface area contributed by atoms with Gasteiger partial charge in [-0.1, -0.05) is 13.8 Å². The number of carbonyl (C=O) groups is 2. The number of nitrogens with one attached hydrogen (secondary N) is 1. The van der Waals surface area contributed by atoms with Gasteiger partial charge in [0, 0.05) is 12.5 Å². The Kier molecular flexibility index (Phi) is 6.72. The molecular weight excluding hydrogens is 208 g/mol. The van der Waals surface area contributed by atoms with Gasteiger partial charge in [0.2, 0.25) is 5.91 Å². The Hall–Kier alpha value is -1.10. The van der Waals surface area contributed by atoms with Crippen molar-refractivity contribution in [3.8, 4) is 0 Å². The van der Waals surface area contributed by atoms with Crippen LogP contribution >= 0.6 is 0 Å². The minimum Gasteiger partial charge on any atom is -0.480 e. The normalized spacial score (nSPS) is 14.6. The van der Waals surface area contributed by atoms with Crippen molar-refractivity contribution < 1.29 is 14.7 Å². The van der Waals surface area contributed by atoms with E-state index in [1.54, 1.807) is 0 Å². The molecule has 5 nitrogen and oxygen atoms in total. The average molecular weight is 230 g/mol. The number of rotatable bonds is 7. The topological polar surface area (TPSA) is 92.4 Å². The van der Waals surface area contributed by atoms with Crippen molar-refractivity contribution in [2.24, 2.45) is 11.7 Å². The first-order valence-corrected chi connectivity index (χ1v) is 5.60. The van der Waals surface area contributed by atoms with Gasteiger partial charge < -0.3 is 16.2 Å². The lowest BCUT2D eigenvalue weighted by atomic mass is 10.0. The molecule has 16 heavy (non-hydrogen) atoms. The van der Waals surface area contributed by atoms with Gasteiger partial charge in [-0.2, -0.15) is 0 Å². The van der Waals surface area contributed by atoms with Crippen molar-refractivity contribution in [1.29, 1.82) is 0 Å². The fraction of sp³-hybridized carbons (Fsp3) is 0.818. The summed E-state index contributed by atoms with van der Waals surface area (Å²) in [4.78, 5) is 22.3. The standard InChI is InChI=1S/C11H22N2O3/c1-7(2)6-9(11(15)16)13-10(14)5-4-8(3)12/h7-9H,4-6,12H2,1-3H3,(H,13,14)(H,15,16)/t8?,9-/m0/s1. The Morgan fingerprint density at radius 1 is 1.31 bits per heavy atom. The Morgan fingerprint density at radius 2 is 1.88 bits per heavy atom. The molecule has 0 aromatic rings. The van der Waals surface area contributed by atoms with E-state index >= 15 is 0 Å². The van der Waals surface area contributed by atoms with Crippen LogP contribution in [0.25, 0.3) is 0 Å². The third-order valence-corrected chi connectivity index (χ3v) is 2.17. The number of amides is 1. The molecule has 94 valence electrons. The van der Waals surface area contributed by atoms with E-state index in [0.717, 1.165) is 0 Å². The molecule has 0 heterocycles. The van der Waals surface area contributed by atoms with Gasteiger partial charge in [0.05, 0.1) is 0 Å². The summed E-state index contributed by atoms with van der Waals surface area (Å²) in [6.07, 6.45) is 1.29. The van der Waals surface area contributed by atoms with Crippen molar-refractivity contribution in [2.45, 2.75) is 52.1 Å². The summed E-state index contributed by atoms with van der Waals surface area (Å²) in [5.74, 6) is -0.997. The third kappa shape index (κ3) is 7.23. The zero-order chi connectivity index (χ0) is 12.7. The van der Waals surface area contributed by atoms with E-state index in [0.29, 0.717) is 12.8 Å². The van der Waals surface area contributed by atoms with Crippen LogP contribution in [-0.4, -0.2) is 29.1 Å². The van der Waals surface area contributed by atoms with E-state index < -0.39 is 12.0 Å². The Labute approximate surface area is 96.4 Å². The minimum absolute atomic E-state index is 0.0425. The molecule has 0 rings (SSSR count). The van der Waals surface area contributed by atoms with Gasteiger partial charge in [0.25, 0.3) is 0 Å². The van der Waals surface area contributed by atoms with Crippen LogP contribution in [0.1, 0.15) is 40.0 Å². The van der Waals surface area contributed by atoms with Crippen LogP contribution in [0.4, 0.5) is 0 Å². The third-order valence-electron chi connectivity index (χ3n) is 2.17. The molecule has 0 aliphatic rings. The lowest BCUT2D eigenvalue weighted by Gasteiger charge is -2.16. The molecule has 2 atom stereocenters. The van der Waals surface area contributed by atoms with Crippen molar-refractivity contribution in [1.82, 2.24) is 5.32 Å². The molecule has 0 radical (unpaired) electrons. The smallest absolute Gasteiger partial charge is 0.326 e. The van der Waals surface area contributed by atoms with Gasteiger partial charge in [-0.15, -0.1) is 0 Å². The van der Waals surface area contributed by atoms with Crippen molar-refractivity contribution in [3.05, 3.63) is 0 Å². The quantitative estimate of drug-likeness (QED) is 0.601. The van der Waals surface area contributed by atoms with E-state index in [-0.39, 0.29) is 24.3 Å². The highest BCUT2D eigenvalue weighted by Gasteiger charge is 2.20. The predicted octanol–water partition coefficient (Wildman–Crippen LogP) is 0.729. The second-order valence-electron chi connectivity index (χ2n) is 4.60. The average Bonchev–Trinajstić information content (AvgIpc) is 2.12. The van der Waals surface area contributed by atoms with Gasteiger partial charge >= 0.3 is 5.97 Å². The zero-order valence-electron chi connectivity index (χ0n) is 10.2. The van der Waals surface area contributed by atoms with Gasteiger partial charge in [-0.3, -0.25) is 4.79 Å². The number of carbonyl (C=O) groups excluding carboxylic acids is 1. The van der Waals surface area contributed by atoms with Gasteiger partial charge in [0.15, 0.2) is 0 Å². The first-order valence-electron chi connectivity index (χ1n) is 5.60. The highest BCUT2D eigenvalue weighted by molar-refractivity contribution is 5.83. The first kappa shape index (κ1) is 14.9. The second-order valence-corrected chi connectivity index (χ2v) is 4.60. The summed E-state index contributed by atoms with van der Waals surface area (Å²) in [6.45, 7) is 5.66. The van der Waals surface area contributed by atoms with Crippen LogP contribution in [0.3, 0.4) is 0 Å². The van der Waals surface area contributed by atoms with Crippen LogP contribution in [0.15, 0.2) is 0 Å². The molecule has 4 N–H and O–H groups in total. The molecule has 0 saturated heterocycles. The lowest BCUT2D eigenvalue weighted by Crippen LogP contribution is -2.41. The summed E-state index contributed by atoms with van der Waals surface area (Å²) < 4.78 is 0. The second kappa shape index (κ2) is 7.22. The van der Waals surface area contributed by atoms with E-state index in [1.165, 1.54) is 0 Å². The molecular formula is C11H22N2O3. The molecule has 0 fully saturated rings. The number of aliphatic carboxylic acids is 1. The summed E-state index contributed by atoms with van der Waals surface area (Å²) >= 11 is 0. The first-order chi connectivity index (χ1) is 7.32.